The Kier molecular flexibility index (Phi) is 4.51. The van der Waals surface area contributed by atoms with E-state index in [1.165, 1.54) is 4.31 Å². The smallest absolute Gasteiger partial charge is 0.279 e. The third-order valence-electron chi connectivity index (χ3n) is 2.67. The summed E-state index contributed by atoms with van der Waals surface area (Å²) in [6.45, 7) is 9.34. The van der Waals surface area contributed by atoms with Crippen molar-refractivity contribution in [1.29, 1.82) is 0 Å². The topological polar surface area (TPSA) is 52.7 Å². The maximum absolute atomic E-state index is 11.7. The third kappa shape index (κ3) is 3.41. The van der Waals surface area contributed by atoms with Crippen molar-refractivity contribution in [1.82, 2.24) is 13.9 Å². The lowest BCUT2D eigenvalue weighted by Crippen LogP contribution is -2.53. The summed E-state index contributed by atoms with van der Waals surface area (Å²) >= 11 is 0. The largest absolute Gasteiger partial charge is 0.298 e. The third-order valence-corrected chi connectivity index (χ3v) is 4.37. The number of hydrogen-bond donors (Lipinski definition) is 1. The van der Waals surface area contributed by atoms with Gasteiger partial charge in [-0.05, 0) is 13.8 Å². The molecule has 0 unspecified atom stereocenters. The van der Waals surface area contributed by atoms with E-state index in [1.54, 1.807) is 6.92 Å². The monoisotopic (exact) mass is 235 g/mol. The van der Waals surface area contributed by atoms with Crippen LogP contribution in [0.4, 0.5) is 0 Å². The summed E-state index contributed by atoms with van der Waals surface area (Å²) in [5, 5.41) is 0. The van der Waals surface area contributed by atoms with Crippen LogP contribution in [0.5, 0.6) is 0 Å². The van der Waals surface area contributed by atoms with Crippen molar-refractivity contribution in [3.05, 3.63) is 0 Å². The van der Waals surface area contributed by atoms with E-state index in [4.69, 9.17) is 0 Å². The van der Waals surface area contributed by atoms with Crippen LogP contribution in [0.1, 0.15) is 20.8 Å². The Labute approximate surface area is 92.6 Å². The van der Waals surface area contributed by atoms with Crippen molar-refractivity contribution in [3.63, 3.8) is 0 Å². The van der Waals surface area contributed by atoms with Gasteiger partial charge in [0.2, 0.25) is 0 Å². The normalized spacial score (nSPS) is 21.1. The average molecular weight is 235 g/mol. The zero-order valence-corrected chi connectivity index (χ0v) is 10.5. The first-order valence-corrected chi connectivity index (χ1v) is 6.90. The molecule has 1 fully saturated rings. The molecule has 1 saturated heterocycles. The molecule has 90 valence electrons. The molecule has 0 aromatic rings. The molecule has 6 heteroatoms. The van der Waals surface area contributed by atoms with Crippen molar-refractivity contribution >= 4 is 10.2 Å². The van der Waals surface area contributed by atoms with Gasteiger partial charge >= 0.3 is 0 Å². The van der Waals surface area contributed by atoms with Crippen molar-refractivity contribution in [2.75, 3.05) is 32.7 Å². The molecule has 0 amide bonds. The van der Waals surface area contributed by atoms with Crippen molar-refractivity contribution < 1.29 is 8.42 Å². The van der Waals surface area contributed by atoms with Gasteiger partial charge < -0.3 is 0 Å². The highest BCUT2D eigenvalue weighted by atomic mass is 32.2. The summed E-state index contributed by atoms with van der Waals surface area (Å²) < 4.78 is 27.4. The van der Waals surface area contributed by atoms with Crippen LogP contribution in [0.25, 0.3) is 0 Å². The van der Waals surface area contributed by atoms with Gasteiger partial charge in [0.15, 0.2) is 0 Å². The van der Waals surface area contributed by atoms with Crippen LogP contribution in [0.15, 0.2) is 0 Å². The predicted octanol–water partition coefficient (Wildman–Crippen LogP) is -0.133. The average Bonchev–Trinajstić information content (AvgIpc) is 2.18. The van der Waals surface area contributed by atoms with Gasteiger partial charge in [-0.15, -0.1) is 0 Å². The molecule has 0 aromatic carbocycles. The fourth-order valence-electron chi connectivity index (χ4n) is 1.73. The van der Waals surface area contributed by atoms with Gasteiger partial charge in [0.05, 0.1) is 0 Å². The van der Waals surface area contributed by atoms with Gasteiger partial charge in [0.25, 0.3) is 10.2 Å². The van der Waals surface area contributed by atoms with E-state index < -0.39 is 10.2 Å². The Bertz CT molecular complexity index is 282. The molecule has 0 aromatic heterocycles. The van der Waals surface area contributed by atoms with Crippen molar-refractivity contribution in [2.45, 2.75) is 26.8 Å². The molecule has 1 aliphatic rings. The van der Waals surface area contributed by atoms with E-state index in [-0.39, 0.29) is 0 Å². The summed E-state index contributed by atoms with van der Waals surface area (Å²) in [4.78, 5) is 2.29. The first-order chi connectivity index (χ1) is 6.97. The molecule has 1 heterocycles. The zero-order chi connectivity index (χ0) is 11.5. The van der Waals surface area contributed by atoms with Crippen LogP contribution in [0.3, 0.4) is 0 Å². The molecular weight excluding hydrogens is 214 g/mol. The van der Waals surface area contributed by atoms with E-state index in [1.807, 2.05) is 0 Å². The fourth-order valence-corrected chi connectivity index (χ4v) is 2.93. The van der Waals surface area contributed by atoms with Crippen LogP contribution in [0.2, 0.25) is 0 Å². The Morgan fingerprint density at radius 1 is 1.20 bits per heavy atom. The lowest BCUT2D eigenvalue weighted by atomic mass is 10.3. The zero-order valence-electron chi connectivity index (χ0n) is 9.73. The van der Waals surface area contributed by atoms with Crippen LogP contribution in [-0.4, -0.2) is 56.4 Å². The number of nitrogens with zero attached hydrogens (tertiary/aromatic N) is 2. The Hall–Kier alpha value is -0.170. The summed E-state index contributed by atoms with van der Waals surface area (Å²) in [6, 6.07) is 0.494. The predicted molar refractivity (Wildman–Crippen MR) is 60.9 cm³/mol. The molecule has 1 aliphatic heterocycles. The molecule has 15 heavy (non-hydrogen) atoms. The fraction of sp³-hybridized carbons (Fsp3) is 1.00. The quantitative estimate of drug-likeness (QED) is 0.738. The highest BCUT2D eigenvalue weighted by Crippen LogP contribution is 2.08. The second-order valence-corrected chi connectivity index (χ2v) is 5.79. The highest BCUT2D eigenvalue weighted by molar-refractivity contribution is 7.87. The number of hydrogen-bond acceptors (Lipinski definition) is 3. The first kappa shape index (κ1) is 12.9. The van der Waals surface area contributed by atoms with Gasteiger partial charge in [-0.25, -0.2) is 4.72 Å². The van der Waals surface area contributed by atoms with E-state index in [0.717, 1.165) is 13.1 Å². The van der Waals surface area contributed by atoms with E-state index in [9.17, 15) is 8.42 Å². The summed E-state index contributed by atoms with van der Waals surface area (Å²) in [6.07, 6.45) is 0. The molecule has 0 atom stereocenters. The van der Waals surface area contributed by atoms with Crippen molar-refractivity contribution in [3.8, 4) is 0 Å². The lowest BCUT2D eigenvalue weighted by Gasteiger charge is -2.36. The second-order valence-electron chi connectivity index (χ2n) is 4.03. The molecular formula is C9H21N3O2S. The van der Waals surface area contributed by atoms with Crippen LogP contribution in [0, 0.1) is 0 Å². The molecule has 0 spiro atoms. The number of nitrogens with one attached hydrogen (secondary N) is 1. The van der Waals surface area contributed by atoms with Crippen molar-refractivity contribution in [2.24, 2.45) is 0 Å². The Morgan fingerprint density at radius 2 is 1.73 bits per heavy atom. The first-order valence-electron chi connectivity index (χ1n) is 5.46. The van der Waals surface area contributed by atoms with Gasteiger partial charge in [-0.3, -0.25) is 4.90 Å². The van der Waals surface area contributed by atoms with Crippen LogP contribution < -0.4 is 4.72 Å². The summed E-state index contributed by atoms with van der Waals surface area (Å²) in [7, 11) is -3.23. The van der Waals surface area contributed by atoms with Gasteiger partial charge in [0.1, 0.15) is 0 Å². The van der Waals surface area contributed by atoms with E-state index >= 15 is 0 Å². The standard InChI is InChI=1S/C9H21N3O2S/c1-4-10-15(13,14)12-7-5-11(6-8-12)9(2)3/h9-10H,4-8H2,1-3H3. The second kappa shape index (κ2) is 5.25. The summed E-state index contributed by atoms with van der Waals surface area (Å²) in [5.41, 5.74) is 0. The molecule has 0 radical (unpaired) electrons. The lowest BCUT2D eigenvalue weighted by molar-refractivity contribution is 0.153. The molecule has 0 bridgehead atoms. The minimum atomic E-state index is -3.23. The Morgan fingerprint density at radius 3 is 2.13 bits per heavy atom. The molecule has 1 rings (SSSR count). The minimum absolute atomic E-state index is 0.451. The van der Waals surface area contributed by atoms with Gasteiger partial charge in [0, 0.05) is 38.8 Å². The molecule has 0 aliphatic carbocycles. The van der Waals surface area contributed by atoms with Gasteiger partial charge in [-0.1, -0.05) is 6.92 Å². The van der Waals surface area contributed by atoms with E-state index in [0.29, 0.717) is 25.7 Å². The highest BCUT2D eigenvalue weighted by Gasteiger charge is 2.26. The minimum Gasteiger partial charge on any atom is -0.298 e. The maximum Gasteiger partial charge on any atom is 0.279 e. The molecule has 1 N–H and O–H groups in total. The van der Waals surface area contributed by atoms with E-state index in [2.05, 4.69) is 23.5 Å². The van der Waals surface area contributed by atoms with Crippen LogP contribution in [-0.2, 0) is 10.2 Å². The SMILES string of the molecule is CCNS(=O)(=O)N1CCN(C(C)C)CC1. The summed E-state index contributed by atoms with van der Waals surface area (Å²) in [5.74, 6) is 0. The van der Waals surface area contributed by atoms with Gasteiger partial charge in [-0.2, -0.15) is 12.7 Å². The molecule has 0 saturated carbocycles. The number of rotatable bonds is 4. The molecule has 5 nitrogen and oxygen atoms in total. The number of piperazine rings is 1. The maximum atomic E-state index is 11.7. The Balaban J connectivity index is 2.50. The van der Waals surface area contributed by atoms with Crippen LogP contribution >= 0.6 is 0 Å².